The Morgan fingerprint density at radius 3 is 2.68 bits per heavy atom. The molecule has 22 heavy (non-hydrogen) atoms. The van der Waals surface area contributed by atoms with Crippen molar-refractivity contribution in [2.45, 2.75) is 6.92 Å². The number of anilines is 1. The van der Waals surface area contributed by atoms with E-state index in [2.05, 4.69) is 27.9 Å². The second-order valence-corrected chi connectivity index (χ2v) is 6.06. The molecule has 0 spiro atoms. The summed E-state index contributed by atoms with van der Waals surface area (Å²) >= 11 is 8.04. The molecule has 0 aliphatic rings. The molecule has 0 fully saturated rings. The Morgan fingerprint density at radius 1 is 1.23 bits per heavy atom. The van der Waals surface area contributed by atoms with Gasteiger partial charge < -0.3 is 10.1 Å². The maximum atomic E-state index is 12.3. The van der Waals surface area contributed by atoms with Crippen LogP contribution in [0.4, 0.5) is 5.69 Å². The summed E-state index contributed by atoms with van der Waals surface area (Å²) < 4.78 is 5.93. The fraction of sp³-hybridized carbons (Fsp3) is 0.125. The van der Waals surface area contributed by atoms with Crippen molar-refractivity contribution in [2.75, 3.05) is 11.9 Å². The van der Waals surface area contributed by atoms with Crippen molar-refractivity contribution in [3.63, 3.8) is 0 Å². The maximum Gasteiger partial charge on any atom is 0.340 e. The summed E-state index contributed by atoms with van der Waals surface area (Å²) in [5.41, 5.74) is 1.11. The SMILES string of the molecule is CCOC(=O)c1cc(Cl)ccc1NC(=O)c1cccc(I)c1. The molecule has 6 heteroatoms. The largest absolute Gasteiger partial charge is 0.462 e. The van der Waals surface area contributed by atoms with Gasteiger partial charge in [-0.15, -0.1) is 0 Å². The summed E-state index contributed by atoms with van der Waals surface area (Å²) in [5, 5.41) is 3.12. The highest BCUT2D eigenvalue weighted by Gasteiger charge is 2.16. The second kappa shape index (κ2) is 7.60. The summed E-state index contributed by atoms with van der Waals surface area (Å²) in [5.74, 6) is -0.825. The van der Waals surface area contributed by atoms with Gasteiger partial charge in [0.2, 0.25) is 0 Å². The molecule has 2 aromatic carbocycles. The zero-order chi connectivity index (χ0) is 16.1. The summed E-state index contributed by atoms with van der Waals surface area (Å²) in [4.78, 5) is 24.2. The highest BCUT2D eigenvalue weighted by molar-refractivity contribution is 14.1. The molecule has 0 saturated carbocycles. The number of benzene rings is 2. The minimum atomic E-state index is -0.525. The second-order valence-electron chi connectivity index (χ2n) is 4.37. The maximum absolute atomic E-state index is 12.3. The third-order valence-electron chi connectivity index (χ3n) is 2.81. The lowest BCUT2D eigenvalue weighted by Crippen LogP contribution is -2.16. The van der Waals surface area contributed by atoms with Crippen LogP contribution in [-0.4, -0.2) is 18.5 Å². The van der Waals surface area contributed by atoms with Gasteiger partial charge in [-0.25, -0.2) is 4.79 Å². The average Bonchev–Trinajstić information content (AvgIpc) is 2.49. The quantitative estimate of drug-likeness (QED) is 0.580. The summed E-state index contributed by atoms with van der Waals surface area (Å²) in [6.07, 6.45) is 0. The number of carbonyl (C=O) groups is 2. The van der Waals surface area contributed by atoms with E-state index in [0.29, 0.717) is 16.3 Å². The lowest BCUT2D eigenvalue weighted by atomic mass is 10.1. The molecule has 0 atom stereocenters. The van der Waals surface area contributed by atoms with E-state index >= 15 is 0 Å². The van der Waals surface area contributed by atoms with Crippen molar-refractivity contribution < 1.29 is 14.3 Å². The molecule has 0 heterocycles. The van der Waals surface area contributed by atoms with E-state index in [-0.39, 0.29) is 18.1 Å². The molecule has 0 radical (unpaired) electrons. The topological polar surface area (TPSA) is 55.4 Å². The number of rotatable bonds is 4. The third kappa shape index (κ3) is 4.20. The molecule has 0 saturated heterocycles. The Labute approximate surface area is 146 Å². The van der Waals surface area contributed by atoms with Crippen molar-refractivity contribution in [1.29, 1.82) is 0 Å². The highest BCUT2D eigenvalue weighted by atomic mass is 127. The summed E-state index contributed by atoms with van der Waals surface area (Å²) in [7, 11) is 0. The number of hydrogen-bond donors (Lipinski definition) is 1. The van der Waals surface area contributed by atoms with Gasteiger partial charge in [0.05, 0.1) is 17.9 Å². The Kier molecular flexibility index (Phi) is 5.79. The fourth-order valence-electron chi connectivity index (χ4n) is 1.83. The van der Waals surface area contributed by atoms with Gasteiger partial charge in [-0.2, -0.15) is 0 Å². The Balaban J connectivity index is 2.29. The van der Waals surface area contributed by atoms with Gasteiger partial charge in [0.15, 0.2) is 0 Å². The van der Waals surface area contributed by atoms with Crippen LogP contribution in [0.15, 0.2) is 42.5 Å². The fourth-order valence-corrected chi connectivity index (χ4v) is 2.54. The molecule has 0 aromatic heterocycles. The van der Waals surface area contributed by atoms with E-state index in [1.54, 1.807) is 37.3 Å². The number of carbonyl (C=O) groups excluding carboxylic acids is 2. The number of nitrogens with one attached hydrogen (secondary N) is 1. The lowest BCUT2D eigenvalue weighted by molar-refractivity contribution is 0.0527. The van der Waals surface area contributed by atoms with Crippen LogP contribution in [0.25, 0.3) is 0 Å². The highest BCUT2D eigenvalue weighted by Crippen LogP contribution is 2.22. The Morgan fingerprint density at radius 2 is 2.00 bits per heavy atom. The van der Waals surface area contributed by atoms with Crippen LogP contribution in [0.3, 0.4) is 0 Å². The van der Waals surface area contributed by atoms with Crippen LogP contribution in [-0.2, 0) is 4.74 Å². The van der Waals surface area contributed by atoms with Crippen molar-refractivity contribution in [3.8, 4) is 0 Å². The lowest BCUT2D eigenvalue weighted by Gasteiger charge is -2.11. The number of hydrogen-bond acceptors (Lipinski definition) is 3. The predicted octanol–water partition coefficient (Wildman–Crippen LogP) is 4.37. The molecule has 0 unspecified atom stereocenters. The van der Waals surface area contributed by atoms with E-state index in [4.69, 9.17) is 16.3 Å². The summed E-state index contributed by atoms with van der Waals surface area (Å²) in [6.45, 7) is 1.96. The van der Waals surface area contributed by atoms with Gasteiger partial charge in [0, 0.05) is 14.2 Å². The molecule has 0 bridgehead atoms. The van der Waals surface area contributed by atoms with E-state index in [1.807, 2.05) is 6.07 Å². The first-order chi connectivity index (χ1) is 10.5. The van der Waals surface area contributed by atoms with Gasteiger partial charge in [-0.05, 0) is 65.9 Å². The van der Waals surface area contributed by atoms with Crippen molar-refractivity contribution >= 4 is 51.8 Å². The van der Waals surface area contributed by atoms with Gasteiger partial charge >= 0.3 is 5.97 Å². The van der Waals surface area contributed by atoms with Gasteiger partial charge in [-0.3, -0.25) is 4.79 Å². The third-order valence-corrected chi connectivity index (χ3v) is 3.72. The molecule has 114 valence electrons. The summed E-state index contributed by atoms with van der Waals surface area (Å²) in [6, 6.07) is 11.8. The zero-order valence-corrected chi connectivity index (χ0v) is 14.6. The normalized spacial score (nSPS) is 10.1. The average molecular weight is 430 g/mol. The number of amides is 1. The van der Waals surface area contributed by atoms with Gasteiger partial charge in [-0.1, -0.05) is 17.7 Å². The molecule has 2 rings (SSSR count). The molecule has 4 nitrogen and oxygen atoms in total. The van der Waals surface area contributed by atoms with Crippen LogP contribution in [0, 0.1) is 3.57 Å². The van der Waals surface area contributed by atoms with Crippen molar-refractivity contribution in [3.05, 3.63) is 62.2 Å². The minimum absolute atomic E-state index is 0.230. The van der Waals surface area contributed by atoms with Crippen LogP contribution in [0.5, 0.6) is 0 Å². The Bertz CT molecular complexity index is 718. The molecular formula is C16H13ClINO3. The van der Waals surface area contributed by atoms with Crippen molar-refractivity contribution in [1.82, 2.24) is 0 Å². The molecule has 2 aromatic rings. The van der Waals surface area contributed by atoms with E-state index in [1.165, 1.54) is 6.07 Å². The number of ether oxygens (including phenoxy) is 1. The van der Waals surface area contributed by atoms with Crippen molar-refractivity contribution in [2.24, 2.45) is 0 Å². The first kappa shape index (κ1) is 16.8. The standard InChI is InChI=1S/C16H13ClINO3/c1-2-22-16(21)13-9-11(17)6-7-14(13)19-15(20)10-4-3-5-12(18)8-10/h3-9H,2H2,1H3,(H,19,20). The molecular weight excluding hydrogens is 417 g/mol. The van der Waals surface area contributed by atoms with E-state index in [0.717, 1.165) is 3.57 Å². The number of halogens is 2. The van der Waals surface area contributed by atoms with Crippen LogP contribution < -0.4 is 5.32 Å². The first-order valence-corrected chi connectivity index (χ1v) is 8.00. The van der Waals surface area contributed by atoms with Crippen LogP contribution in [0.2, 0.25) is 5.02 Å². The van der Waals surface area contributed by atoms with Crippen LogP contribution in [0.1, 0.15) is 27.6 Å². The van der Waals surface area contributed by atoms with E-state index in [9.17, 15) is 9.59 Å². The first-order valence-electron chi connectivity index (χ1n) is 6.55. The van der Waals surface area contributed by atoms with Gasteiger partial charge in [0.1, 0.15) is 0 Å². The molecule has 1 amide bonds. The smallest absolute Gasteiger partial charge is 0.340 e. The van der Waals surface area contributed by atoms with E-state index < -0.39 is 5.97 Å². The van der Waals surface area contributed by atoms with Crippen LogP contribution >= 0.6 is 34.2 Å². The monoisotopic (exact) mass is 429 g/mol. The van der Waals surface area contributed by atoms with Gasteiger partial charge in [0.25, 0.3) is 5.91 Å². The Hall–Kier alpha value is -1.60. The molecule has 1 N–H and O–H groups in total. The number of esters is 1. The zero-order valence-electron chi connectivity index (χ0n) is 11.7. The minimum Gasteiger partial charge on any atom is -0.462 e. The predicted molar refractivity (Wildman–Crippen MR) is 94.5 cm³/mol. The molecule has 0 aliphatic heterocycles. The molecule has 0 aliphatic carbocycles.